The number of hydrogen-bond acceptors (Lipinski definition) is 4. The smallest absolute Gasteiger partial charge is 0.187 e. The Balaban J connectivity index is 2.31. The van der Waals surface area contributed by atoms with E-state index in [1.165, 1.54) is 0 Å². The van der Waals surface area contributed by atoms with Crippen LogP contribution in [0.2, 0.25) is 0 Å². The first-order valence-corrected chi connectivity index (χ1v) is 5.71. The van der Waals surface area contributed by atoms with E-state index >= 15 is 0 Å². The molecule has 0 aliphatic heterocycles. The average Bonchev–Trinajstić information content (AvgIpc) is 2.75. The molecule has 5 nitrogen and oxygen atoms in total. The maximum Gasteiger partial charge on any atom is 0.187 e. The topological polar surface area (TPSA) is 69.1 Å². The fraction of sp³-hybridized carbons (Fsp3) is 0.154. The first-order valence-electron chi connectivity index (χ1n) is 5.71. The van der Waals surface area contributed by atoms with Gasteiger partial charge in [-0.3, -0.25) is 0 Å². The minimum Gasteiger partial charge on any atom is -0.398 e. The van der Waals surface area contributed by atoms with Crippen LogP contribution in [0.15, 0.2) is 30.3 Å². The molecule has 0 aliphatic carbocycles. The number of nitrogen functional groups attached to an aromatic ring is 1. The van der Waals surface area contributed by atoms with Crippen molar-refractivity contribution in [1.82, 2.24) is 19.8 Å². The second-order valence-electron chi connectivity index (χ2n) is 4.36. The average molecular weight is 239 g/mol. The summed E-state index contributed by atoms with van der Waals surface area (Å²) in [4.78, 5) is 0. The van der Waals surface area contributed by atoms with Gasteiger partial charge in [0, 0.05) is 11.3 Å². The van der Waals surface area contributed by atoms with E-state index < -0.39 is 0 Å². The monoisotopic (exact) mass is 239 g/mol. The van der Waals surface area contributed by atoms with E-state index in [0.29, 0.717) is 11.5 Å². The molecule has 0 spiro atoms. The van der Waals surface area contributed by atoms with Crippen molar-refractivity contribution in [2.75, 3.05) is 5.73 Å². The van der Waals surface area contributed by atoms with Gasteiger partial charge in [0.2, 0.25) is 0 Å². The van der Waals surface area contributed by atoms with Gasteiger partial charge in [0.1, 0.15) is 0 Å². The van der Waals surface area contributed by atoms with Crippen LogP contribution < -0.4 is 5.73 Å². The van der Waals surface area contributed by atoms with E-state index in [-0.39, 0.29) is 0 Å². The SMILES string of the molecule is Cc1ccc(N)c(-c2nnc3ccc(C)nn23)c1. The van der Waals surface area contributed by atoms with E-state index in [9.17, 15) is 0 Å². The van der Waals surface area contributed by atoms with Crippen molar-refractivity contribution in [2.24, 2.45) is 0 Å². The van der Waals surface area contributed by atoms with E-state index in [0.717, 1.165) is 22.5 Å². The summed E-state index contributed by atoms with van der Waals surface area (Å²) in [7, 11) is 0. The quantitative estimate of drug-likeness (QED) is 0.659. The van der Waals surface area contributed by atoms with Gasteiger partial charge in [0.05, 0.1) is 5.69 Å². The molecule has 0 aliphatic rings. The lowest BCUT2D eigenvalue weighted by Crippen LogP contribution is -1.99. The molecule has 0 radical (unpaired) electrons. The first-order chi connectivity index (χ1) is 8.65. The molecule has 0 amide bonds. The number of rotatable bonds is 1. The minimum atomic E-state index is 0.676. The van der Waals surface area contributed by atoms with Crippen LogP contribution in [0.3, 0.4) is 0 Å². The third-order valence-electron chi connectivity index (χ3n) is 2.85. The molecule has 2 aromatic heterocycles. The number of nitrogens with two attached hydrogens (primary N) is 1. The lowest BCUT2D eigenvalue weighted by molar-refractivity contribution is 0.902. The Hall–Kier alpha value is -2.43. The Labute approximate surface area is 104 Å². The summed E-state index contributed by atoms with van der Waals surface area (Å²) in [6.45, 7) is 3.95. The maximum atomic E-state index is 6.00. The van der Waals surface area contributed by atoms with Crippen molar-refractivity contribution in [3.05, 3.63) is 41.6 Å². The van der Waals surface area contributed by atoms with Crippen LogP contribution in [-0.2, 0) is 0 Å². The largest absolute Gasteiger partial charge is 0.398 e. The van der Waals surface area contributed by atoms with Crippen LogP contribution in [0.1, 0.15) is 11.3 Å². The zero-order valence-electron chi connectivity index (χ0n) is 10.3. The normalized spacial score (nSPS) is 11.0. The van der Waals surface area contributed by atoms with Crippen molar-refractivity contribution in [3.8, 4) is 11.4 Å². The molecule has 0 atom stereocenters. The van der Waals surface area contributed by atoms with Gasteiger partial charge in [-0.15, -0.1) is 10.2 Å². The first kappa shape index (κ1) is 10.7. The third-order valence-corrected chi connectivity index (χ3v) is 2.85. The number of benzene rings is 1. The Morgan fingerprint density at radius 3 is 2.72 bits per heavy atom. The van der Waals surface area contributed by atoms with Gasteiger partial charge >= 0.3 is 0 Å². The predicted octanol–water partition coefficient (Wildman–Crippen LogP) is 1.99. The maximum absolute atomic E-state index is 6.00. The number of nitrogens with zero attached hydrogens (tertiary/aromatic N) is 4. The zero-order valence-corrected chi connectivity index (χ0v) is 10.3. The highest BCUT2D eigenvalue weighted by atomic mass is 15.4. The highest BCUT2D eigenvalue weighted by Gasteiger charge is 2.12. The highest BCUT2D eigenvalue weighted by molar-refractivity contribution is 5.73. The molecule has 18 heavy (non-hydrogen) atoms. The standard InChI is InChI=1S/C13H13N5/c1-8-3-5-11(14)10(7-8)13-16-15-12-6-4-9(2)17-18(12)13/h3-7H,14H2,1-2H3. The van der Waals surface area contributed by atoms with Gasteiger partial charge in [0.25, 0.3) is 0 Å². The number of anilines is 1. The van der Waals surface area contributed by atoms with Crippen LogP contribution in [0.25, 0.3) is 17.0 Å². The van der Waals surface area contributed by atoms with Gasteiger partial charge in [-0.25, -0.2) is 0 Å². The number of aryl methyl sites for hydroxylation is 2. The van der Waals surface area contributed by atoms with E-state index in [2.05, 4.69) is 15.3 Å². The summed E-state index contributed by atoms with van der Waals surface area (Å²) in [5.74, 6) is 0.676. The van der Waals surface area contributed by atoms with Gasteiger partial charge in [-0.2, -0.15) is 9.61 Å². The van der Waals surface area contributed by atoms with Crippen LogP contribution >= 0.6 is 0 Å². The van der Waals surface area contributed by atoms with Gasteiger partial charge < -0.3 is 5.73 Å². The number of fused-ring (bicyclic) bond motifs is 1. The molecule has 90 valence electrons. The third kappa shape index (κ3) is 1.60. The molecule has 3 rings (SSSR count). The molecule has 0 bridgehead atoms. The Morgan fingerprint density at radius 2 is 1.89 bits per heavy atom. The van der Waals surface area contributed by atoms with E-state index in [1.807, 2.05) is 44.2 Å². The molecule has 3 aromatic rings. The number of aromatic nitrogens is 4. The Kier molecular flexibility index (Phi) is 2.26. The summed E-state index contributed by atoms with van der Waals surface area (Å²) in [5.41, 5.74) is 10.3. The van der Waals surface area contributed by atoms with Crippen molar-refractivity contribution in [3.63, 3.8) is 0 Å². The Morgan fingerprint density at radius 1 is 1.06 bits per heavy atom. The summed E-state index contributed by atoms with van der Waals surface area (Å²) in [5, 5.41) is 12.7. The molecule has 0 unspecified atom stereocenters. The van der Waals surface area contributed by atoms with Crippen molar-refractivity contribution in [2.45, 2.75) is 13.8 Å². The molecule has 2 heterocycles. The summed E-state index contributed by atoms with van der Waals surface area (Å²) >= 11 is 0. The predicted molar refractivity (Wildman–Crippen MR) is 70.1 cm³/mol. The van der Waals surface area contributed by atoms with Crippen molar-refractivity contribution < 1.29 is 0 Å². The van der Waals surface area contributed by atoms with Gasteiger partial charge in [0.15, 0.2) is 11.5 Å². The molecule has 0 saturated heterocycles. The molecule has 1 aromatic carbocycles. The fourth-order valence-corrected chi connectivity index (χ4v) is 1.91. The van der Waals surface area contributed by atoms with Crippen LogP contribution in [0, 0.1) is 13.8 Å². The van der Waals surface area contributed by atoms with E-state index in [4.69, 9.17) is 5.73 Å². The van der Waals surface area contributed by atoms with Crippen molar-refractivity contribution >= 4 is 11.3 Å². The van der Waals surface area contributed by atoms with Gasteiger partial charge in [-0.05, 0) is 38.1 Å². The number of hydrogen-bond donors (Lipinski definition) is 1. The molecular weight excluding hydrogens is 226 g/mol. The highest BCUT2D eigenvalue weighted by Crippen LogP contribution is 2.25. The van der Waals surface area contributed by atoms with Crippen molar-refractivity contribution in [1.29, 1.82) is 0 Å². The van der Waals surface area contributed by atoms with Gasteiger partial charge in [-0.1, -0.05) is 11.6 Å². The van der Waals surface area contributed by atoms with Crippen LogP contribution in [-0.4, -0.2) is 19.8 Å². The second kappa shape index (κ2) is 3.80. The summed E-state index contributed by atoms with van der Waals surface area (Å²) in [6.07, 6.45) is 0. The summed E-state index contributed by atoms with van der Waals surface area (Å²) in [6, 6.07) is 9.65. The molecule has 2 N–H and O–H groups in total. The van der Waals surface area contributed by atoms with E-state index in [1.54, 1.807) is 4.52 Å². The Bertz CT molecular complexity index is 729. The lowest BCUT2D eigenvalue weighted by atomic mass is 10.1. The second-order valence-corrected chi connectivity index (χ2v) is 4.36. The van der Waals surface area contributed by atoms with Crippen LogP contribution in [0.4, 0.5) is 5.69 Å². The van der Waals surface area contributed by atoms with Crippen LogP contribution in [0.5, 0.6) is 0 Å². The molecule has 0 fully saturated rings. The minimum absolute atomic E-state index is 0.676. The molecule has 5 heteroatoms. The molecular formula is C13H13N5. The molecule has 0 saturated carbocycles. The zero-order chi connectivity index (χ0) is 12.7. The summed E-state index contributed by atoms with van der Waals surface area (Å²) < 4.78 is 1.72. The fourth-order valence-electron chi connectivity index (χ4n) is 1.91. The lowest BCUT2D eigenvalue weighted by Gasteiger charge is -2.05.